The van der Waals surface area contributed by atoms with E-state index >= 15 is 0 Å². The van der Waals surface area contributed by atoms with Gasteiger partial charge in [0, 0.05) is 19.1 Å². The summed E-state index contributed by atoms with van der Waals surface area (Å²) in [6, 6.07) is 0.444. The second-order valence-corrected chi connectivity index (χ2v) is 5.34. The van der Waals surface area contributed by atoms with E-state index < -0.39 is 0 Å². The van der Waals surface area contributed by atoms with Gasteiger partial charge in [-0.1, -0.05) is 20.3 Å². The van der Waals surface area contributed by atoms with Crippen LogP contribution < -0.4 is 10.2 Å². The molecule has 2 aromatic rings. The first-order valence-electron chi connectivity index (χ1n) is 7.92. The van der Waals surface area contributed by atoms with Crippen LogP contribution >= 0.6 is 0 Å². The highest BCUT2D eigenvalue weighted by Crippen LogP contribution is 2.26. The fraction of sp³-hybridized carbons (Fsp3) is 0.667. The van der Waals surface area contributed by atoms with Crippen molar-refractivity contribution < 1.29 is 0 Å². The number of H-pyrrole nitrogens is 1. The predicted molar refractivity (Wildman–Crippen MR) is 87.9 cm³/mol. The first kappa shape index (κ1) is 15.5. The van der Waals surface area contributed by atoms with E-state index in [1.807, 2.05) is 13.1 Å². The lowest BCUT2D eigenvalue weighted by atomic mass is 10.2. The third-order valence-electron chi connectivity index (χ3n) is 3.77. The number of nitrogens with one attached hydrogen (secondary N) is 2. The third kappa shape index (κ3) is 3.43. The summed E-state index contributed by atoms with van der Waals surface area (Å²) in [5.41, 5.74) is 0.792. The molecule has 0 aliphatic heterocycles. The topological polar surface area (TPSA) is 69.7 Å². The molecule has 2 rings (SSSR count). The van der Waals surface area contributed by atoms with E-state index in [1.165, 1.54) is 6.42 Å². The van der Waals surface area contributed by atoms with Gasteiger partial charge < -0.3 is 10.2 Å². The van der Waals surface area contributed by atoms with Gasteiger partial charge in [0.1, 0.15) is 5.82 Å². The van der Waals surface area contributed by atoms with Gasteiger partial charge in [-0.05, 0) is 26.7 Å². The van der Waals surface area contributed by atoms with Crippen LogP contribution in [0.1, 0.15) is 47.0 Å². The Bertz CT molecular complexity index is 564. The minimum absolute atomic E-state index is 0.444. The molecule has 0 radical (unpaired) electrons. The zero-order valence-electron chi connectivity index (χ0n) is 13.5. The summed E-state index contributed by atoms with van der Waals surface area (Å²) in [5.74, 6) is 1.64. The molecule has 1 atom stereocenters. The number of hydrogen-bond acceptors (Lipinski definition) is 5. The number of fused-ring (bicyclic) bond motifs is 1. The molecule has 0 aromatic carbocycles. The standard InChI is InChI=1S/C15H26N6/c1-5-8-9-21(11(4)6-2)14-12-10-17-20-13(12)18-15(19-14)16-7-3/h10-11H,5-9H2,1-4H3,(H2,16,17,18,19,20). The van der Waals surface area contributed by atoms with Crippen LogP contribution in [0, 0.1) is 0 Å². The normalized spacial score (nSPS) is 12.6. The number of rotatable bonds is 8. The van der Waals surface area contributed by atoms with Crippen LogP contribution in [0.2, 0.25) is 0 Å². The molecule has 0 bridgehead atoms. The molecule has 2 N–H and O–H groups in total. The average Bonchev–Trinajstić information content (AvgIpc) is 2.95. The van der Waals surface area contributed by atoms with Crippen molar-refractivity contribution in [2.75, 3.05) is 23.3 Å². The van der Waals surface area contributed by atoms with Gasteiger partial charge in [-0.2, -0.15) is 15.1 Å². The van der Waals surface area contributed by atoms with Crippen LogP contribution in [0.3, 0.4) is 0 Å². The van der Waals surface area contributed by atoms with Crippen molar-refractivity contribution in [3.8, 4) is 0 Å². The van der Waals surface area contributed by atoms with E-state index in [2.05, 4.69) is 46.2 Å². The van der Waals surface area contributed by atoms with Crippen LogP contribution in [-0.4, -0.2) is 39.3 Å². The Kier molecular flexibility index (Phi) is 5.36. The van der Waals surface area contributed by atoms with Gasteiger partial charge in [0.15, 0.2) is 5.65 Å². The van der Waals surface area contributed by atoms with E-state index in [1.54, 1.807) is 0 Å². The average molecular weight is 290 g/mol. The van der Waals surface area contributed by atoms with Crippen LogP contribution in [0.15, 0.2) is 6.20 Å². The fourth-order valence-electron chi connectivity index (χ4n) is 2.36. The van der Waals surface area contributed by atoms with E-state index in [-0.39, 0.29) is 0 Å². The minimum Gasteiger partial charge on any atom is -0.354 e. The number of aromatic amines is 1. The lowest BCUT2D eigenvalue weighted by Crippen LogP contribution is -2.34. The van der Waals surface area contributed by atoms with Crippen LogP contribution in [-0.2, 0) is 0 Å². The van der Waals surface area contributed by atoms with E-state index in [9.17, 15) is 0 Å². The summed E-state index contributed by atoms with van der Waals surface area (Å²) in [5, 5.41) is 11.3. The number of unbranched alkanes of at least 4 members (excludes halogenated alkanes) is 1. The Labute approximate surface area is 126 Å². The zero-order valence-corrected chi connectivity index (χ0v) is 13.5. The summed E-state index contributed by atoms with van der Waals surface area (Å²) in [7, 11) is 0. The van der Waals surface area contributed by atoms with Gasteiger partial charge >= 0.3 is 0 Å². The molecule has 2 aromatic heterocycles. The maximum Gasteiger partial charge on any atom is 0.226 e. The largest absolute Gasteiger partial charge is 0.354 e. The van der Waals surface area contributed by atoms with Crippen molar-refractivity contribution in [3.63, 3.8) is 0 Å². The van der Waals surface area contributed by atoms with Crippen LogP contribution in [0.5, 0.6) is 0 Å². The van der Waals surface area contributed by atoms with E-state index in [4.69, 9.17) is 4.98 Å². The van der Waals surface area contributed by atoms with Crippen molar-refractivity contribution >= 4 is 22.8 Å². The molecule has 0 saturated carbocycles. The number of nitrogens with zero attached hydrogens (tertiary/aromatic N) is 4. The summed E-state index contributed by atoms with van der Waals surface area (Å²) < 4.78 is 0. The van der Waals surface area contributed by atoms with Crippen molar-refractivity contribution in [2.24, 2.45) is 0 Å². The quantitative estimate of drug-likeness (QED) is 0.781. The van der Waals surface area contributed by atoms with Crippen LogP contribution in [0.25, 0.3) is 11.0 Å². The molecule has 21 heavy (non-hydrogen) atoms. The number of aromatic nitrogens is 4. The van der Waals surface area contributed by atoms with Gasteiger partial charge in [0.05, 0.1) is 11.6 Å². The predicted octanol–water partition coefficient (Wildman–Crippen LogP) is 3.19. The van der Waals surface area contributed by atoms with Crippen molar-refractivity contribution in [2.45, 2.75) is 53.0 Å². The highest BCUT2D eigenvalue weighted by Gasteiger charge is 2.19. The molecular formula is C15H26N6. The van der Waals surface area contributed by atoms with Gasteiger partial charge in [0.2, 0.25) is 5.95 Å². The SMILES string of the molecule is CCCCN(c1nc(NCC)nc2[nH]ncc12)C(C)CC. The molecule has 0 aliphatic carbocycles. The first-order chi connectivity index (χ1) is 10.2. The van der Waals surface area contributed by atoms with Crippen LogP contribution in [0.4, 0.5) is 11.8 Å². The van der Waals surface area contributed by atoms with Crippen molar-refractivity contribution in [3.05, 3.63) is 6.20 Å². The Morgan fingerprint density at radius 3 is 2.76 bits per heavy atom. The Morgan fingerprint density at radius 2 is 2.10 bits per heavy atom. The monoisotopic (exact) mass is 290 g/mol. The molecule has 0 fully saturated rings. The lowest BCUT2D eigenvalue weighted by molar-refractivity contribution is 0.591. The third-order valence-corrected chi connectivity index (χ3v) is 3.77. The van der Waals surface area contributed by atoms with Gasteiger partial charge in [-0.25, -0.2) is 0 Å². The van der Waals surface area contributed by atoms with Crippen molar-refractivity contribution in [1.29, 1.82) is 0 Å². The molecule has 1 unspecified atom stereocenters. The number of hydrogen-bond donors (Lipinski definition) is 2. The molecule has 0 spiro atoms. The second kappa shape index (κ2) is 7.24. The molecule has 6 nitrogen and oxygen atoms in total. The maximum atomic E-state index is 4.73. The van der Waals surface area contributed by atoms with E-state index in [0.717, 1.165) is 42.8 Å². The Morgan fingerprint density at radius 1 is 1.29 bits per heavy atom. The second-order valence-electron chi connectivity index (χ2n) is 5.34. The van der Waals surface area contributed by atoms with Gasteiger partial charge in [0.25, 0.3) is 0 Å². The first-order valence-corrected chi connectivity index (χ1v) is 7.92. The molecule has 116 valence electrons. The molecule has 0 saturated heterocycles. The fourth-order valence-corrected chi connectivity index (χ4v) is 2.36. The molecule has 2 heterocycles. The summed E-state index contributed by atoms with van der Waals surface area (Å²) in [4.78, 5) is 11.6. The minimum atomic E-state index is 0.444. The smallest absolute Gasteiger partial charge is 0.226 e. The summed E-state index contributed by atoms with van der Waals surface area (Å²) in [6.45, 7) is 10.5. The number of anilines is 2. The van der Waals surface area contributed by atoms with Gasteiger partial charge in [-0.15, -0.1) is 0 Å². The lowest BCUT2D eigenvalue weighted by Gasteiger charge is -2.30. The van der Waals surface area contributed by atoms with E-state index in [0.29, 0.717) is 12.0 Å². The van der Waals surface area contributed by atoms with Crippen molar-refractivity contribution in [1.82, 2.24) is 20.2 Å². The summed E-state index contributed by atoms with van der Waals surface area (Å²) in [6.07, 6.45) is 5.24. The molecule has 6 heteroatoms. The molecule has 0 amide bonds. The highest BCUT2D eigenvalue weighted by molar-refractivity contribution is 5.87. The maximum absolute atomic E-state index is 4.73. The van der Waals surface area contributed by atoms with Gasteiger partial charge in [-0.3, -0.25) is 5.10 Å². The molecule has 0 aliphatic rings. The highest BCUT2D eigenvalue weighted by atomic mass is 15.3. The molecular weight excluding hydrogens is 264 g/mol. The summed E-state index contributed by atoms with van der Waals surface area (Å²) >= 11 is 0. The zero-order chi connectivity index (χ0) is 15.2. The Balaban J connectivity index is 2.45. The Hall–Kier alpha value is -1.85.